The average molecular weight is 272 g/mol. The summed E-state index contributed by atoms with van der Waals surface area (Å²) in [5, 5.41) is 2.95. The second-order valence-corrected chi connectivity index (χ2v) is 4.57. The van der Waals surface area contributed by atoms with Crippen LogP contribution in [0, 0.1) is 0 Å². The Kier molecular flexibility index (Phi) is 2.98. The van der Waals surface area contributed by atoms with E-state index >= 15 is 0 Å². The average Bonchev–Trinajstić information content (AvgIpc) is 2.74. The number of hydrogen-bond acceptors (Lipinski definition) is 3. The van der Waals surface area contributed by atoms with Crippen LogP contribution in [0.15, 0.2) is 22.4 Å². The van der Waals surface area contributed by atoms with Gasteiger partial charge in [-0.25, -0.2) is 9.97 Å². The zero-order valence-corrected chi connectivity index (χ0v) is 10.2. The zero-order chi connectivity index (χ0) is 9.97. The van der Waals surface area contributed by atoms with E-state index in [1.807, 2.05) is 22.3 Å². The molecular formula is C9H10BrN3S. The van der Waals surface area contributed by atoms with E-state index in [0.29, 0.717) is 0 Å². The number of aromatic nitrogens is 3. The lowest BCUT2D eigenvalue weighted by molar-refractivity contribution is 0.805. The van der Waals surface area contributed by atoms with E-state index in [-0.39, 0.29) is 0 Å². The maximum absolute atomic E-state index is 4.35. The van der Waals surface area contributed by atoms with Crippen LogP contribution in [0.1, 0.15) is 19.2 Å². The summed E-state index contributed by atoms with van der Waals surface area (Å²) in [7, 11) is 0. The number of aryl methyl sites for hydroxylation is 1. The molecule has 0 bridgehead atoms. The lowest BCUT2D eigenvalue weighted by atomic mass is 10.3. The van der Waals surface area contributed by atoms with Crippen molar-refractivity contribution in [1.29, 1.82) is 0 Å². The van der Waals surface area contributed by atoms with Crippen LogP contribution in [0.5, 0.6) is 0 Å². The van der Waals surface area contributed by atoms with Gasteiger partial charge < -0.3 is 0 Å². The van der Waals surface area contributed by atoms with Crippen LogP contribution < -0.4 is 0 Å². The largest absolute Gasteiger partial charge is 0.279 e. The Morgan fingerprint density at radius 2 is 2.43 bits per heavy atom. The van der Waals surface area contributed by atoms with Gasteiger partial charge in [-0.1, -0.05) is 6.92 Å². The monoisotopic (exact) mass is 271 g/mol. The molecule has 0 unspecified atom stereocenters. The Morgan fingerprint density at radius 3 is 3.07 bits per heavy atom. The molecule has 0 saturated heterocycles. The highest BCUT2D eigenvalue weighted by Gasteiger charge is 2.06. The number of imidazole rings is 1. The van der Waals surface area contributed by atoms with Crippen molar-refractivity contribution in [1.82, 2.24) is 14.5 Å². The minimum absolute atomic E-state index is 0.883. The van der Waals surface area contributed by atoms with Crippen LogP contribution in [0.2, 0.25) is 0 Å². The van der Waals surface area contributed by atoms with Gasteiger partial charge >= 0.3 is 0 Å². The first-order valence-corrected chi connectivity index (χ1v) is 6.12. The van der Waals surface area contributed by atoms with Crippen molar-refractivity contribution >= 4 is 27.3 Å². The zero-order valence-electron chi connectivity index (χ0n) is 7.77. The molecular weight excluding hydrogens is 262 g/mol. The molecule has 0 N–H and O–H groups in total. The Labute approximate surface area is 94.9 Å². The van der Waals surface area contributed by atoms with Crippen molar-refractivity contribution in [2.45, 2.75) is 19.8 Å². The van der Waals surface area contributed by atoms with E-state index in [1.54, 1.807) is 11.3 Å². The number of rotatable bonds is 3. The van der Waals surface area contributed by atoms with E-state index < -0.39 is 0 Å². The highest BCUT2D eigenvalue weighted by molar-refractivity contribution is 9.10. The van der Waals surface area contributed by atoms with E-state index in [9.17, 15) is 0 Å². The molecule has 2 heterocycles. The quantitative estimate of drug-likeness (QED) is 0.859. The normalized spacial score (nSPS) is 10.7. The number of hydrogen-bond donors (Lipinski definition) is 0. The molecule has 0 amide bonds. The van der Waals surface area contributed by atoms with E-state index in [4.69, 9.17) is 0 Å². The van der Waals surface area contributed by atoms with Gasteiger partial charge in [-0.2, -0.15) is 0 Å². The fraction of sp³-hybridized carbons (Fsp3) is 0.333. The van der Waals surface area contributed by atoms with E-state index in [0.717, 1.165) is 28.4 Å². The second kappa shape index (κ2) is 4.23. The van der Waals surface area contributed by atoms with Crippen LogP contribution in [-0.2, 0) is 6.42 Å². The predicted octanol–water partition coefficient (Wildman–Crippen LogP) is 3.04. The van der Waals surface area contributed by atoms with Crippen LogP contribution in [0.25, 0.3) is 5.13 Å². The van der Waals surface area contributed by atoms with Crippen molar-refractivity contribution < 1.29 is 0 Å². The number of thiazole rings is 1. The van der Waals surface area contributed by atoms with Crippen molar-refractivity contribution in [2.24, 2.45) is 0 Å². The van der Waals surface area contributed by atoms with Crippen LogP contribution in [0.4, 0.5) is 0 Å². The van der Waals surface area contributed by atoms with Gasteiger partial charge in [-0.15, -0.1) is 11.3 Å². The number of halogens is 1. The summed E-state index contributed by atoms with van der Waals surface area (Å²) in [5.74, 6) is 1.08. The topological polar surface area (TPSA) is 30.7 Å². The van der Waals surface area contributed by atoms with Gasteiger partial charge in [0.15, 0.2) is 5.13 Å². The first-order chi connectivity index (χ1) is 6.81. The molecule has 0 fully saturated rings. The maximum atomic E-state index is 4.35. The SMILES string of the molecule is CCCc1nccn1-c1nc(Br)cs1. The van der Waals surface area contributed by atoms with Crippen molar-refractivity contribution in [2.75, 3.05) is 0 Å². The Hall–Kier alpha value is -0.680. The summed E-state index contributed by atoms with van der Waals surface area (Å²) in [6.07, 6.45) is 5.87. The molecule has 0 saturated carbocycles. The second-order valence-electron chi connectivity index (χ2n) is 2.92. The summed E-state index contributed by atoms with van der Waals surface area (Å²) in [4.78, 5) is 8.66. The van der Waals surface area contributed by atoms with Crippen molar-refractivity contribution in [3.63, 3.8) is 0 Å². The highest BCUT2D eigenvalue weighted by Crippen LogP contribution is 2.20. The third-order valence-corrected chi connectivity index (χ3v) is 3.41. The Balaban J connectivity index is 2.36. The van der Waals surface area contributed by atoms with Gasteiger partial charge in [-0.05, 0) is 22.4 Å². The molecule has 0 aliphatic rings. The predicted molar refractivity (Wildman–Crippen MR) is 60.9 cm³/mol. The van der Waals surface area contributed by atoms with Crippen LogP contribution in [-0.4, -0.2) is 14.5 Å². The van der Waals surface area contributed by atoms with E-state index in [2.05, 4.69) is 32.8 Å². The Morgan fingerprint density at radius 1 is 1.57 bits per heavy atom. The van der Waals surface area contributed by atoms with E-state index in [1.165, 1.54) is 0 Å². The van der Waals surface area contributed by atoms with Gasteiger partial charge in [0.1, 0.15) is 10.4 Å². The third-order valence-electron chi connectivity index (χ3n) is 1.86. The summed E-state index contributed by atoms with van der Waals surface area (Å²) in [5.41, 5.74) is 0. The molecule has 0 radical (unpaired) electrons. The Bertz CT molecular complexity index is 421. The summed E-state index contributed by atoms with van der Waals surface area (Å²) < 4.78 is 2.92. The van der Waals surface area contributed by atoms with Gasteiger partial charge in [0.25, 0.3) is 0 Å². The molecule has 5 heteroatoms. The van der Waals surface area contributed by atoms with Crippen molar-refractivity contribution in [3.05, 3.63) is 28.2 Å². The molecule has 74 valence electrons. The summed E-state index contributed by atoms with van der Waals surface area (Å²) in [6, 6.07) is 0. The lowest BCUT2D eigenvalue weighted by Crippen LogP contribution is -1.99. The summed E-state index contributed by atoms with van der Waals surface area (Å²) in [6.45, 7) is 2.15. The minimum atomic E-state index is 0.883. The highest BCUT2D eigenvalue weighted by atomic mass is 79.9. The third kappa shape index (κ3) is 1.88. The standard InChI is InChI=1S/C9H10BrN3S/c1-2-3-8-11-4-5-13(8)9-12-7(10)6-14-9/h4-6H,2-3H2,1H3. The minimum Gasteiger partial charge on any atom is -0.279 e. The molecule has 3 nitrogen and oxygen atoms in total. The van der Waals surface area contributed by atoms with Gasteiger partial charge in [0.05, 0.1) is 0 Å². The maximum Gasteiger partial charge on any atom is 0.196 e. The molecule has 0 atom stereocenters. The molecule has 2 aromatic heterocycles. The molecule has 2 rings (SSSR count). The van der Waals surface area contributed by atoms with Gasteiger partial charge in [0.2, 0.25) is 0 Å². The number of nitrogens with zero attached hydrogens (tertiary/aromatic N) is 3. The fourth-order valence-electron chi connectivity index (χ4n) is 1.27. The molecule has 14 heavy (non-hydrogen) atoms. The molecule has 2 aromatic rings. The molecule has 0 aliphatic carbocycles. The first kappa shape index (κ1) is 9.86. The lowest BCUT2D eigenvalue weighted by Gasteiger charge is -2.01. The van der Waals surface area contributed by atoms with Crippen molar-refractivity contribution in [3.8, 4) is 5.13 Å². The van der Waals surface area contributed by atoms with Crippen LogP contribution in [0.3, 0.4) is 0 Å². The van der Waals surface area contributed by atoms with Crippen LogP contribution >= 0.6 is 27.3 Å². The smallest absolute Gasteiger partial charge is 0.196 e. The molecule has 0 aliphatic heterocycles. The molecule has 0 aromatic carbocycles. The molecule has 0 spiro atoms. The fourth-order valence-corrected chi connectivity index (χ4v) is 2.53. The van der Waals surface area contributed by atoms with Gasteiger partial charge in [0, 0.05) is 24.2 Å². The first-order valence-electron chi connectivity index (χ1n) is 4.45. The summed E-state index contributed by atoms with van der Waals surface area (Å²) >= 11 is 4.96. The van der Waals surface area contributed by atoms with Gasteiger partial charge in [-0.3, -0.25) is 4.57 Å².